The van der Waals surface area contributed by atoms with Crippen molar-refractivity contribution in [3.63, 3.8) is 0 Å². The molecule has 0 saturated carbocycles. The van der Waals surface area contributed by atoms with Gasteiger partial charge in [-0.05, 0) is 39.2 Å². The summed E-state index contributed by atoms with van der Waals surface area (Å²) >= 11 is 0. The Bertz CT molecular complexity index is 195. The molecule has 0 aromatic carbocycles. The third-order valence-electron chi connectivity index (χ3n) is 2.80. The molecule has 0 heterocycles. The van der Waals surface area contributed by atoms with Crippen molar-refractivity contribution in [1.82, 2.24) is 4.90 Å². The number of hydrogen-bond acceptors (Lipinski definition) is 3. The first-order chi connectivity index (χ1) is 7.52. The molecule has 0 spiro atoms. The fourth-order valence-corrected chi connectivity index (χ4v) is 1.72. The highest BCUT2D eigenvalue weighted by molar-refractivity contribution is 5.76. The van der Waals surface area contributed by atoms with Crippen molar-refractivity contribution in [2.24, 2.45) is 11.7 Å². The number of carbonyl (C=O) groups is 1. The van der Waals surface area contributed by atoms with Gasteiger partial charge in [-0.25, -0.2) is 0 Å². The molecule has 0 bridgehead atoms. The molecule has 0 fully saturated rings. The van der Waals surface area contributed by atoms with Gasteiger partial charge >= 0.3 is 0 Å². The zero-order chi connectivity index (χ0) is 12.6. The van der Waals surface area contributed by atoms with E-state index < -0.39 is 0 Å². The van der Waals surface area contributed by atoms with Crippen LogP contribution in [-0.2, 0) is 4.79 Å². The van der Waals surface area contributed by atoms with Crippen LogP contribution in [0, 0.1) is 5.92 Å². The highest BCUT2D eigenvalue weighted by Gasteiger charge is 2.16. The molecule has 0 aliphatic rings. The molecule has 0 aromatic heterocycles. The van der Waals surface area contributed by atoms with Crippen LogP contribution in [0.2, 0.25) is 0 Å². The minimum atomic E-state index is 0.0300. The van der Waals surface area contributed by atoms with Gasteiger partial charge in [0, 0.05) is 19.0 Å². The van der Waals surface area contributed by atoms with Crippen LogP contribution in [0.15, 0.2) is 0 Å². The van der Waals surface area contributed by atoms with Gasteiger partial charge < -0.3 is 15.7 Å². The maximum absolute atomic E-state index is 11.9. The number of nitrogens with two attached hydrogens (primary N) is 1. The van der Waals surface area contributed by atoms with Crippen LogP contribution in [0.4, 0.5) is 0 Å². The predicted molar refractivity (Wildman–Crippen MR) is 66.0 cm³/mol. The third kappa shape index (κ3) is 6.08. The number of nitrogens with zero attached hydrogens (tertiary/aromatic N) is 1. The van der Waals surface area contributed by atoms with Crippen LogP contribution in [-0.4, -0.2) is 41.7 Å². The molecule has 3 N–H and O–H groups in total. The summed E-state index contributed by atoms with van der Waals surface area (Å²) in [5.74, 6) is 0.630. The van der Waals surface area contributed by atoms with Crippen LogP contribution in [0.1, 0.15) is 40.0 Å². The molecule has 0 aliphatic carbocycles. The van der Waals surface area contributed by atoms with Gasteiger partial charge in [0.15, 0.2) is 0 Å². The highest BCUT2D eigenvalue weighted by Crippen LogP contribution is 2.11. The Labute approximate surface area is 98.8 Å². The fraction of sp³-hybridized carbons (Fsp3) is 0.917. The van der Waals surface area contributed by atoms with Crippen LogP contribution >= 0.6 is 0 Å². The second kappa shape index (κ2) is 8.53. The minimum Gasteiger partial charge on any atom is -0.395 e. The van der Waals surface area contributed by atoms with Gasteiger partial charge in [0.25, 0.3) is 0 Å². The number of aliphatic hydroxyl groups excluding tert-OH is 1. The number of rotatable bonds is 8. The largest absolute Gasteiger partial charge is 0.395 e. The average Bonchev–Trinajstić information content (AvgIpc) is 2.22. The van der Waals surface area contributed by atoms with Crippen molar-refractivity contribution in [3.05, 3.63) is 0 Å². The maximum Gasteiger partial charge on any atom is 0.222 e. The van der Waals surface area contributed by atoms with Crippen molar-refractivity contribution >= 4 is 5.91 Å². The van der Waals surface area contributed by atoms with E-state index in [0.717, 1.165) is 12.8 Å². The van der Waals surface area contributed by atoms with Gasteiger partial charge in [0.05, 0.1) is 6.61 Å². The summed E-state index contributed by atoms with van der Waals surface area (Å²) in [5, 5.41) is 8.89. The van der Waals surface area contributed by atoms with Crippen molar-refractivity contribution in [1.29, 1.82) is 0 Å². The zero-order valence-electron chi connectivity index (χ0n) is 10.8. The highest BCUT2D eigenvalue weighted by atomic mass is 16.3. The van der Waals surface area contributed by atoms with Crippen molar-refractivity contribution in [2.75, 3.05) is 19.7 Å². The van der Waals surface area contributed by atoms with Crippen LogP contribution in [0.5, 0.6) is 0 Å². The first-order valence-electron chi connectivity index (χ1n) is 6.13. The smallest absolute Gasteiger partial charge is 0.222 e. The Balaban J connectivity index is 4.00. The van der Waals surface area contributed by atoms with E-state index in [4.69, 9.17) is 10.8 Å². The monoisotopic (exact) mass is 230 g/mol. The Kier molecular flexibility index (Phi) is 8.21. The summed E-state index contributed by atoms with van der Waals surface area (Å²) < 4.78 is 0. The van der Waals surface area contributed by atoms with Gasteiger partial charge in [-0.2, -0.15) is 0 Å². The lowest BCUT2D eigenvalue weighted by Crippen LogP contribution is -2.39. The number of carbonyl (C=O) groups excluding carboxylic acids is 1. The van der Waals surface area contributed by atoms with E-state index in [1.54, 1.807) is 4.90 Å². The lowest BCUT2D eigenvalue weighted by molar-refractivity contribution is -0.133. The van der Waals surface area contributed by atoms with Gasteiger partial charge in [-0.1, -0.05) is 6.92 Å². The van der Waals surface area contributed by atoms with Gasteiger partial charge in [0.1, 0.15) is 0 Å². The van der Waals surface area contributed by atoms with Crippen molar-refractivity contribution < 1.29 is 9.90 Å². The lowest BCUT2D eigenvalue weighted by atomic mass is 10.0. The lowest BCUT2D eigenvalue weighted by Gasteiger charge is -2.26. The predicted octanol–water partition coefficient (Wildman–Crippen LogP) is 0.981. The van der Waals surface area contributed by atoms with E-state index in [0.29, 0.717) is 25.4 Å². The standard InChI is InChI=1S/C12H26N2O2/c1-10(2)14(8-9-15)12(16)5-4-11(3)6-7-13/h10-11,15H,4-9,13H2,1-3H3. The molecular weight excluding hydrogens is 204 g/mol. The van der Waals surface area contributed by atoms with Crippen molar-refractivity contribution in [2.45, 2.75) is 46.1 Å². The molecule has 0 aromatic rings. The summed E-state index contributed by atoms with van der Waals surface area (Å²) in [6, 6.07) is 0.157. The van der Waals surface area contributed by atoms with Crippen LogP contribution in [0.3, 0.4) is 0 Å². The van der Waals surface area contributed by atoms with Gasteiger partial charge in [-0.15, -0.1) is 0 Å². The normalized spacial score (nSPS) is 12.9. The van der Waals surface area contributed by atoms with Gasteiger partial charge in [-0.3, -0.25) is 4.79 Å². The SMILES string of the molecule is CC(CCN)CCC(=O)N(CCO)C(C)C. The first kappa shape index (κ1) is 15.4. The summed E-state index contributed by atoms with van der Waals surface area (Å²) in [7, 11) is 0. The zero-order valence-corrected chi connectivity index (χ0v) is 10.8. The molecule has 0 radical (unpaired) electrons. The molecule has 1 atom stereocenters. The molecule has 1 amide bonds. The molecule has 4 heteroatoms. The third-order valence-corrected chi connectivity index (χ3v) is 2.80. The molecule has 0 rings (SSSR count). The van der Waals surface area contributed by atoms with Crippen LogP contribution in [0.25, 0.3) is 0 Å². The fourth-order valence-electron chi connectivity index (χ4n) is 1.72. The summed E-state index contributed by atoms with van der Waals surface area (Å²) in [5.41, 5.74) is 5.46. The molecular formula is C12H26N2O2. The van der Waals surface area contributed by atoms with E-state index in [1.807, 2.05) is 13.8 Å². The summed E-state index contributed by atoms with van der Waals surface area (Å²) in [4.78, 5) is 13.6. The molecule has 1 unspecified atom stereocenters. The summed E-state index contributed by atoms with van der Waals surface area (Å²) in [6.07, 6.45) is 2.40. The van der Waals surface area contributed by atoms with E-state index in [2.05, 4.69) is 6.92 Å². The Hall–Kier alpha value is -0.610. The number of aliphatic hydroxyl groups is 1. The Morgan fingerprint density at radius 3 is 2.38 bits per heavy atom. The minimum absolute atomic E-state index is 0.0300. The maximum atomic E-state index is 11.9. The van der Waals surface area contributed by atoms with E-state index in [9.17, 15) is 4.79 Å². The van der Waals surface area contributed by atoms with E-state index in [-0.39, 0.29) is 18.6 Å². The molecule has 96 valence electrons. The van der Waals surface area contributed by atoms with Crippen molar-refractivity contribution in [3.8, 4) is 0 Å². The number of hydrogen-bond donors (Lipinski definition) is 2. The second-order valence-corrected chi connectivity index (χ2v) is 4.63. The molecule has 0 saturated heterocycles. The van der Waals surface area contributed by atoms with E-state index >= 15 is 0 Å². The Morgan fingerprint density at radius 2 is 1.94 bits per heavy atom. The summed E-state index contributed by atoms with van der Waals surface area (Å²) in [6.45, 7) is 7.20. The second-order valence-electron chi connectivity index (χ2n) is 4.63. The quantitative estimate of drug-likeness (QED) is 0.653. The molecule has 4 nitrogen and oxygen atoms in total. The molecule has 0 aliphatic heterocycles. The first-order valence-corrected chi connectivity index (χ1v) is 6.13. The Morgan fingerprint density at radius 1 is 1.31 bits per heavy atom. The van der Waals surface area contributed by atoms with Crippen LogP contribution < -0.4 is 5.73 Å². The van der Waals surface area contributed by atoms with Gasteiger partial charge in [0.2, 0.25) is 5.91 Å². The topological polar surface area (TPSA) is 66.6 Å². The average molecular weight is 230 g/mol. The number of amides is 1. The van der Waals surface area contributed by atoms with E-state index in [1.165, 1.54) is 0 Å². The molecule has 16 heavy (non-hydrogen) atoms.